The Balaban J connectivity index is 1.83. The zero-order valence-electron chi connectivity index (χ0n) is 16.0. The Kier molecular flexibility index (Phi) is 5.47. The second-order valence-electron chi connectivity index (χ2n) is 7.52. The molecule has 6 nitrogen and oxygen atoms in total. The van der Waals surface area contributed by atoms with Crippen molar-refractivity contribution in [1.82, 2.24) is 15.1 Å². The quantitative estimate of drug-likeness (QED) is 0.800. The molecule has 2 saturated heterocycles. The van der Waals surface area contributed by atoms with Gasteiger partial charge < -0.3 is 10.2 Å². The van der Waals surface area contributed by atoms with Crippen LogP contribution in [0.25, 0.3) is 0 Å². The molecular formula is C20H26ClN3O3. The molecule has 146 valence electrons. The van der Waals surface area contributed by atoms with Crippen LogP contribution >= 0.6 is 11.6 Å². The van der Waals surface area contributed by atoms with Crippen molar-refractivity contribution in [2.75, 3.05) is 6.54 Å². The number of hydrogen-bond donors (Lipinski definition) is 1. The average molecular weight is 392 g/mol. The fraction of sp³-hybridized carbons (Fsp3) is 0.550. The molecule has 4 amide bonds. The first-order valence-corrected chi connectivity index (χ1v) is 9.89. The van der Waals surface area contributed by atoms with Crippen molar-refractivity contribution in [2.45, 2.75) is 64.1 Å². The van der Waals surface area contributed by atoms with Crippen molar-refractivity contribution in [3.63, 3.8) is 0 Å². The SMILES string of the molecule is CC[C@@]1(c2ccc(Cl)cc2)NC(=O)N(CC(=O)N2[C@H](C)CCC[C@@H]2C)C1=O. The van der Waals surface area contributed by atoms with Crippen molar-refractivity contribution in [2.24, 2.45) is 0 Å². The largest absolute Gasteiger partial charge is 0.336 e. The third-order valence-corrected chi connectivity index (χ3v) is 6.07. The lowest BCUT2D eigenvalue weighted by Crippen LogP contribution is -2.52. The Morgan fingerprint density at radius 1 is 1.19 bits per heavy atom. The van der Waals surface area contributed by atoms with Gasteiger partial charge in [0.05, 0.1) is 0 Å². The van der Waals surface area contributed by atoms with Crippen molar-refractivity contribution in [3.05, 3.63) is 34.9 Å². The third kappa shape index (κ3) is 3.43. The standard InChI is InChI=1S/C20H26ClN3O3/c1-4-20(15-8-10-16(21)11-9-15)18(26)23(19(27)22-20)12-17(25)24-13(2)6-5-7-14(24)3/h8-11,13-14H,4-7,12H2,1-3H3,(H,22,27)/t13-,14+,20-/m0/s1. The van der Waals surface area contributed by atoms with E-state index in [-0.39, 0.29) is 30.4 Å². The average Bonchev–Trinajstić information content (AvgIpc) is 2.87. The van der Waals surface area contributed by atoms with Crippen molar-refractivity contribution >= 4 is 29.4 Å². The molecule has 1 aromatic rings. The molecule has 2 fully saturated rings. The van der Waals surface area contributed by atoms with Gasteiger partial charge in [-0.3, -0.25) is 14.5 Å². The van der Waals surface area contributed by atoms with E-state index < -0.39 is 11.6 Å². The Morgan fingerprint density at radius 2 is 1.78 bits per heavy atom. The summed E-state index contributed by atoms with van der Waals surface area (Å²) >= 11 is 5.95. The number of amides is 4. The molecule has 0 radical (unpaired) electrons. The first kappa shape index (κ1) is 19.7. The van der Waals surface area contributed by atoms with Gasteiger partial charge in [0.15, 0.2) is 0 Å². The number of piperidine rings is 1. The van der Waals surface area contributed by atoms with E-state index in [9.17, 15) is 14.4 Å². The summed E-state index contributed by atoms with van der Waals surface area (Å²) in [5.41, 5.74) is -0.483. The Morgan fingerprint density at radius 3 is 2.33 bits per heavy atom. The lowest BCUT2D eigenvalue weighted by Gasteiger charge is -2.39. The maximum Gasteiger partial charge on any atom is 0.325 e. The molecule has 3 rings (SSSR count). The molecule has 0 spiro atoms. The van der Waals surface area contributed by atoms with Crippen LogP contribution in [0.15, 0.2) is 24.3 Å². The monoisotopic (exact) mass is 391 g/mol. The summed E-state index contributed by atoms with van der Waals surface area (Å²) in [4.78, 5) is 41.5. The number of carbonyl (C=O) groups is 3. The Bertz CT molecular complexity index is 741. The highest BCUT2D eigenvalue weighted by Gasteiger charge is 2.52. The first-order valence-electron chi connectivity index (χ1n) is 9.51. The van der Waals surface area contributed by atoms with Crippen LogP contribution in [0, 0.1) is 0 Å². The molecule has 0 saturated carbocycles. The summed E-state index contributed by atoms with van der Waals surface area (Å²) in [6.07, 6.45) is 3.37. The maximum atomic E-state index is 13.2. The molecule has 0 unspecified atom stereocenters. The van der Waals surface area contributed by atoms with E-state index in [1.165, 1.54) is 0 Å². The highest BCUT2D eigenvalue weighted by molar-refractivity contribution is 6.30. The minimum absolute atomic E-state index is 0.120. The summed E-state index contributed by atoms with van der Waals surface area (Å²) < 4.78 is 0. The first-order chi connectivity index (χ1) is 12.8. The molecule has 7 heteroatoms. The summed E-state index contributed by atoms with van der Waals surface area (Å²) in [5.74, 6) is -0.566. The number of nitrogens with zero attached hydrogens (tertiary/aromatic N) is 2. The van der Waals surface area contributed by atoms with Crippen LogP contribution in [-0.2, 0) is 15.1 Å². The van der Waals surface area contributed by atoms with Gasteiger partial charge in [0.2, 0.25) is 5.91 Å². The van der Waals surface area contributed by atoms with Crippen LogP contribution in [0.5, 0.6) is 0 Å². The van der Waals surface area contributed by atoms with E-state index in [4.69, 9.17) is 11.6 Å². The predicted octanol–water partition coefficient (Wildman–Crippen LogP) is 3.29. The second kappa shape index (κ2) is 7.50. The van der Waals surface area contributed by atoms with Gasteiger partial charge in [-0.05, 0) is 57.2 Å². The number of hydrogen-bond acceptors (Lipinski definition) is 3. The van der Waals surface area contributed by atoms with Gasteiger partial charge >= 0.3 is 6.03 Å². The summed E-state index contributed by atoms with van der Waals surface area (Å²) in [7, 11) is 0. The van der Waals surface area contributed by atoms with E-state index in [0.29, 0.717) is 17.0 Å². The second-order valence-corrected chi connectivity index (χ2v) is 7.95. The molecule has 2 aliphatic rings. The maximum absolute atomic E-state index is 13.2. The predicted molar refractivity (Wildman–Crippen MR) is 103 cm³/mol. The molecule has 0 aliphatic carbocycles. The van der Waals surface area contributed by atoms with Crippen LogP contribution in [0.4, 0.5) is 4.79 Å². The number of imide groups is 1. The Labute approximate surface area is 164 Å². The van der Waals surface area contributed by atoms with Crippen LogP contribution in [0.3, 0.4) is 0 Å². The molecule has 0 bridgehead atoms. The van der Waals surface area contributed by atoms with Gasteiger partial charge in [-0.15, -0.1) is 0 Å². The molecule has 2 heterocycles. The van der Waals surface area contributed by atoms with Gasteiger partial charge in [-0.25, -0.2) is 4.79 Å². The normalized spacial score (nSPS) is 28.4. The fourth-order valence-electron chi connectivity index (χ4n) is 4.27. The number of nitrogens with one attached hydrogen (secondary N) is 1. The Hall–Kier alpha value is -2.08. The molecule has 3 atom stereocenters. The number of carbonyl (C=O) groups excluding carboxylic acids is 3. The van der Waals surface area contributed by atoms with Gasteiger partial charge in [-0.2, -0.15) is 0 Å². The van der Waals surface area contributed by atoms with Gasteiger partial charge in [-0.1, -0.05) is 30.7 Å². The molecule has 27 heavy (non-hydrogen) atoms. The zero-order valence-corrected chi connectivity index (χ0v) is 16.8. The third-order valence-electron chi connectivity index (χ3n) is 5.82. The van der Waals surface area contributed by atoms with E-state index in [2.05, 4.69) is 5.32 Å². The summed E-state index contributed by atoms with van der Waals surface area (Å²) in [6.45, 7) is 5.65. The molecule has 2 aliphatic heterocycles. The number of urea groups is 1. The minimum atomic E-state index is -1.15. The summed E-state index contributed by atoms with van der Waals surface area (Å²) in [5, 5.41) is 3.36. The minimum Gasteiger partial charge on any atom is -0.336 e. The van der Waals surface area contributed by atoms with Gasteiger partial charge in [0.1, 0.15) is 12.1 Å². The van der Waals surface area contributed by atoms with Gasteiger partial charge in [0.25, 0.3) is 5.91 Å². The van der Waals surface area contributed by atoms with Crippen LogP contribution in [0.1, 0.15) is 52.0 Å². The zero-order chi connectivity index (χ0) is 19.8. The fourth-order valence-corrected chi connectivity index (χ4v) is 4.40. The van der Waals surface area contributed by atoms with Crippen LogP contribution in [0.2, 0.25) is 5.02 Å². The summed E-state index contributed by atoms with van der Waals surface area (Å²) in [6, 6.07) is 6.58. The van der Waals surface area contributed by atoms with Crippen LogP contribution in [-0.4, -0.2) is 46.3 Å². The van der Waals surface area contributed by atoms with E-state index in [1.54, 1.807) is 24.3 Å². The molecule has 0 aromatic heterocycles. The number of likely N-dealkylation sites (tertiary alicyclic amines) is 1. The van der Waals surface area contributed by atoms with E-state index in [1.807, 2.05) is 25.7 Å². The van der Waals surface area contributed by atoms with E-state index in [0.717, 1.165) is 24.2 Å². The molecule has 1 aromatic carbocycles. The number of rotatable bonds is 4. The lowest BCUT2D eigenvalue weighted by atomic mass is 9.87. The van der Waals surface area contributed by atoms with E-state index >= 15 is 0 Å². The highest BCUT2D eigenvalue weighted by Crippen LogP contribution is 2.33. The number of halogens is 1. The van der Waals surface area contributed by atoms with Crippen LogP contribution < -0.4 is 5.32 Å². The molecule has 1 N–H and O–H groups in total. The van der Waals surface area contributed by atoms with Gasteiger partial charge in [0, 0.05) is 17.1 Å². The van der Waals surface area contributed by atoms with Crippen molar-refractivity contribution in [1.29, 1.82) is 0 Å². The molecular weight excluding hydrogens is 366 g/mol. The number of benzene rings is 1. The lowest BCUT2D eigenvalue weighted by molar-refractivity contribution is -0.143. The smallest absolute Gasteiger partial charge is 0.325 e. The van der Waals surface area contributed by atoms with Crippen molar-refractivity contribution in [3.8, 4) is 0 Å². The van der Waals surface area contributed by atoms with Crippen molar-refractivity contribution < 1.29 is 14.4 Å². The highest BCUT2D eigenvalue weighted by atomic mass is 35.5. The topological polar surface area (TPSA) is 69.7 Å².